The molecule has 2 bridgehead atoms. The largest absolute Gasteiger partial charge is 0.381 e. The Kier molecular flexibility index (Phi) is 2.36. The van der Waals surface area contributed by atoms with E-state index < -0.39 is 0 Å². The Morgan fingerprint density at radius 2 is 2.31 bits per heavy atom. The van der Waals surface area contributed by atoms with Gasteiger partial charge in [-0.05, 0) is 0 Å². The molecule has 0 spiro atoms. The number of ether oxygens (including phenoxy) is 4. The predicted octanol–water partition coefficient (Wildman–Crippen LogP) is -1.23. The van der Waals surface area contributed by atoms with Crippen molar-refractivity contribution in [3.8, 4) is 0 Å². The molecule has 0 aromatic carbocycles. The second-order valence-corrected chi connectivity index (χ2v) is 3.75. The standard InChI is InChI=1S/C8H15BO4/c1-10-3-8-4-12-5(6(8)11-2)7(9)13-8/h5-7H,3-4,9H2,1-2H3/t5-,6+,7-,8+/m1/s1. The Labute approximate surface area is 78.9 Å². The van der Waals surface area contributed by atoms with Crippen LogP contribution in [0.1, 0.15) is 0 Å². The number of fused-ring (bicyclic) bond motifs is 2. The van der Waals surface area contributed by atoms with Gasteiger partial charge in [0, 0.05) is 14.2 Å². The van der Waals surface area contributed by atoms with Crippen molar-refractivity contribution in [2.75, 3.05) is 27.4 Å². The van der Waals surface area contributed by atoms with Gasteiger partial charge in [0.2, 0.25) is 0 Å². The van der Waals surface area contributed by atoms with Crippen molar-refractivity contribution in [1.29, 1.82) is 0 Å². The van der Waals surface area contributed by atoms with Gasteiger partial charge < -0.3 is 18.9 Å². The first-order valence-electron chi connectivity index (χ1n) is 4.54. The number of methoxy groups -OCH3 is 2. The lowest BCUT2D eigenvalue weighted by atomic mass is 9.92. The molecular formula is C8H15BO4. The molecule has 13 heavy (non-hydrogen) atoms. The highest BCUT2D eigenvalue weighted by Gasteiger charge is 2.60. The SMILES string of the molecule is B[C@@H]1O[C@@]2(COC)CO[C@@H]1[C@@H]2OC. The van der Waals surface area contributed by atoms with Crippen LogP contribution in [-0.2, 0) is 18.9 Å². The molecule has 0 aromatic rings. The van der Waals surface area contributed by atoms with E-state index in [1.807, 2.05) is 7.85 Å². The number of hydrogen-bond donors (Lipinski definition) is 0. The summed E-state index contributed by atoms with van der Waals surface area (Å²) in [5.74, 6) is 0. The second kappa shape index (κ2) is 3.24. The van der Waals surface area contributed by atoms with Crippen molar-refractivity contribution >= 4 is 7.85 Å². The van der Waals surface area contributed by atoms with E-state index >= 15 is 0 Å². The van der Waals surface area contributed by atoms with E-state index in [0.717, 1.165) is 0 Å². The second-order valence-electron chi connectivity index (χ2n) is 3.75. The molecule has 0 unspecified atom stereocenters. The van der Waals surface area contributed by atoms with Gasteiger partial charge in [0.05, 0.1) is 19.2 Å². The lowest BCUT2D eigenvalue weighted by molar-refractivity contribution is -0.144. The first-order chi connectivity index (χ1) is 6.23. The number of rotatable bonds is 3. The summed E-state index contributed by atoms with van der Waals surface area (Å²) < 4.78 is 21.9. The van der Waals surface area contributed by atoms with Crippen LogP contribution in [0.4, 0.5) is 0 Å². The summed E-state index contributed by atoms with van der Waals surface area (Å²) in [7, 11) is 5.37. The lowest BCUT2D eigenvalue weighted by Crippen LogP contribution is -2.45. The van der Waals surface area contributed by atoms with E-state index in [-0.39, 0.29) is 23.8 Å². The third-order valence-corrected chi connectivity index (χ3v) is 2.86. The highest BCUT2D eigenvalue weighted by molar-refractivity contribution is 6.11. The van der Waals surface area contributed by atoms with Crippen molar-refractivity contribution in [2.24, 2.45) is 0 Å². The Morgan fingerprint density at radius 3 is 2.85 bits per heavy atom. The Bertz CT molecular complexity index is 201. The van der Waals surface area contributed by atoms with Crippen molar-refractivity contribution in [2.45, 2.75) is 23.8 Å². The molecule has 0 saturated carbocycles. The Morgan fingerprint density at radius 1 is 1.54 bits per heavy atom. The normalized spacial score (nSPS) is 48.6. The lowest BCUT2D eigenvalue weighted by Gasteiger charge is -2.29. The van der Waals surface area contributed by atoms with Crippen molar-refractivity contribution in [1.82, 2.24) is 0 Å². The summed E-state index contributed by atoms with van der Waals surface area (Å²) in [5, 5.41) is 0. The molecule has 2 aliphatic rings. The maximum Gasteiger partial charge on any atom is 0.143 e. The topological polar surface area (TPSA) is 36.9 Å². The number of hydrogen-bond acceptors (Lipinski definition) is 4. The molecule has 4 atom stereocenters. The molecule has 2 fully saturated rings. The molecule has 4 nitrogen and oxygen atoms in total. The maximum atomic E-state index is 5.82. The Hall–Kier alpha value is -0.0951. The summed E-state index contributed by atoms with van der Waals surface area (Å²) in [6, 6.07) is 0.105. The van der Waals surface area contributed by atoms with Gasteiger partial charge in [0.25, 0.3) is 0 Å². The minimum Gasteiger partial charge on any atom is -0.381 e. The van der Waals surface area contributed by atoms with Gasteiger partial charge in [0.1, 0.15) is 25.7 Å². The Balaban J connectivity index is 2.17. The van der Waals surface area contributed by atoms with Gasteiger partial charge in [0.15, 0.2) is 0 Å². The van der Waals surface area contributed by atoms with Crippen LogP contribution >= 0.6 is 0 Å². The summed E-state index contributed by atoms with van der Waals surface area (Å²) >= 11 is 0. The van der Waals surface area contributed by atoms with Gasteiger partial charge in [-0.25, -0.2) is 0 Å². The van der Waals surface area contributed by atoms with Crippen LogP contribution < -0.4 is 0 Å². The smallest absolute Gasteiger partial charge is 0.143 e. The highest BCUT2D eigenvalue weighted by Crippen LogP contribution is 2.40. The van der Waals surface area contributed by atoms with Gasteiger partial charge in [-0.2, -0.15) is 0 Å². The van der Waals surface area contributed by atoms with Crippen LogP contribution in [0.5, 0.6) is 0 Å². The molecule has 0 N–H and O–H groups in total. The van der Waals surface area contributed by atoms with Crippen molar-refractivity contribution < 1.29 is 18.9 Å². The first-order valence-corrected chi connectivity index (χ1v) is 4.54. The highest BCUT2D eigenvalue weighted by atomic mass is 16.7. The molecule has 2 heterocycles. The van der Waals surface area contributed by atoms with E-state index in [1.54, 1.807) is 14.2 Å². The quantitative estimate of drug-likeness (QED) is 0.517. The van der Waals surface area contributed by atoms with E-state index in [9.17, 15) is 0 Å². The average Bonchev–Trinajstić information content (AvgIpc) is 2.55. The van der Waals surface area contributed by atoms with E-state index in [4.69, 9.17) is 18.9 Å². The van der Waals surface area contributed by atoms with Gasteiger partial charge in [-0.15, -0.1) is 0 Å². The summed E-state index contributed by atoms with van der Waals surface area (Å²) in [6.07, 6.45) is 0.0857. The van der Waals surface area contributed by atoms with Crippen LogP contribution in [0.2, 0.25) is 0 Å². The minimum atomic E-state index is -0.367. The third kappa shape index (κ3) is 1.22. The zero-order valence-corrected chi connectivity index (χ0v) is 8.28. The van der Waals surface area contributed by atoms with Crippen LogP contribution in [0.25, 0.3) is 0 Å². The molecule has 74 valence electrons. The van der Waals surface area contributed by atoms with Crippen molar-refractivity contribution in [3.05, 3.63) is 0 Å². The van der Waals surface area contributed by atoms with Crippen LogP contribution in [0.15, 0.2) is 0 Å². The fourth-order valence-corrected chi connectivity index (χ4v) is 2.38. The third-order valence-electron chi connectivity index (χ3n) is 2.86. The fraction of sp³-hybridized carbons (Fsp3) is 1.00. The fourth-order valence-electron chi connectivity index (χ4n) is 2.38. The zero-order chi connectivity index (χ0) is 9.47. The maximum absolute atomic E-state index is 5.82. The van der Waals surface area contributed by atoms with Gasteiger partial charge in [-0.3, -0.25) is 0 Å². The van der Waals surface area contributed by atoms with Crippen molar-refractivity contribution in [3.63, 3.8) is 0 Å². The monoisotopic (exact) mass is 186 g/mol. The zero-order valence-electron chi connectivity index (χ0n) is 8.28. The summed E-state index contributed by atoms with van der Waals surface area (Å²) in [6.45, 7) is 1.11. The van der Waals surface area contributed by atoms with E-state index in [1.165, 1.54) is 0 Å². The van der Waals surface area contributed by atoms with Crippen LogP contribution in [0, 0.1) is 0 Å². The van der Waals surface area contributed by atoms with Crippen LogP contribution in [0.3, 0.4) is 0 Å². The average molecular weight is 186 g/mol. The molecular weight excluding hydrogens is 171 g/mol. The van der Waals surface area contributed by atoms with E-state index in [0.29, 0.717) is 13.2 Å². The van der Waals surface area contributed by atoms with Crippen LogP contribution in [-0.4, -0.2) is 59.1 Å². The molecule has 5 heteroatoms. The molecule has 0 aromatic heterocycles. The molecule has 2 aliphatic heterocycles. The minimum absolute atomic E-state index is 0.0162. The molecule has 0 radical (unpaired) electrons. The molecule has 2 rings (SSSR count). The molecule has 0 amide bonds. The van der Waals surface area contributed by atoms with Gasteiger partial charge >= 0.3 is 0 Å². The summed E-state index contributed by atoms with van der Waals surface area (Å²) in [5.41, 5.74) is -0.367. The summed E-state index contributed by atoms with van der Waals surface area (Å²) in [4.78, 5) is 0. The predicted molar refractivity (Wildman–Crippen MR) is 48.6 cm³/mol. The molecule has 0 aliphatic carbocycles. The first kappa shape index (κ1) is 9.46. The van der Waals surface area contributed by atoms with E-state index in [2.05, 4.69) is 0 Å². The van der Waals surface area contributed by atoms with Gasteiger partial charge in [-0.1, -0.05) is 0 Å². The molecule has 2 saturated heterocycles.